The fraction of sp³-hybridized carbons (Fsp3) is 1.00. The van der Waals surface area contributed by atoms with Gasteiger partial charge in [-0.25, -0.2) is 0 Å². The molecule has 2 saturated heterocycles. The highest BCUT2D eigenvalue weighted by atomic mass is 32.2. The molecule has 0 saturated carbocycles. The minimum absolute atomic E-state index is 0.724. The van der Waals surface area contributed by atoms with Crippen molar-refractivity contribution in [3.8, 4) is 0 Å². The second kappa shape index (κ2) is 6.24. The van der Waals surface area contributed by atoms with E-state index in [4.69, 9.17) is 0 Å². The predicted octanol–water partition coefficient (Wildman–Crippen LogP) is 0.717. The summed E-state index contributed by atoms with van der Waals surface area (Å²) < 4.78 is 0. The molecule has 16 heavy (non-hydrogen) atoms. The Kier molecular flexibility index (Phi) is 4.95. The molecule has 2 atom stereocenters. The molecule has 94 valence electrons. The van der Waals surface area contributed by atoms with Crippen LogP contribution in [-0.2, 0) is 0 Å². The van der Waals surface area contributed by atoms with Crippen molar-refractivity contribution in [2.24, 2.45) is 0 Å². The number of hydrogen-bond donors (Lipinski definition) is 1. The Hall–Kier alpha value is 0.230. The molecule has 2 aliphatic heterocycles. The number of hydrogen-bond acceptors (Lipinski definition) is 4. The van der Waals surface area contributed by atoms with E-state index in [2.05, 4.69) is 40.8 Å². The Balaban J connectivity index is 1.65. The Labute approximate surface area is 104 Å². The Morgan fingerprint density at radius 3 is 2.94 bits per heavy atom. The summed E-state index contributed by atoms with van der Waals surface area (Å²) in [6, 6.07) is 1.48. The second-order valence-electron chi connectivity index (χ2n) is 5.14. The molecule has 0 aromatic carbocycles. The molecule has 0 bridgehead atoms. The summed E-state index contributed by atoms with van der Waals surface area (Å²) in [7, 11) is 2.24. The summed E-state index contributed by atoms with van der Waals surface area (Å²) >= 11 is 2.10. The van der Waals surface area contributed by atoms with Gasteiger partial charge in [-0.1, -0.05) is 0 Å². The van der Waals surface area contributed by atoms with Gasteiger partial charge in [-0.2, -0.15) is 11.8 Å². The number of rotatable bonds is 3. The fourth-order valence-electron chi connectivity index (χ4n) is 2.47. The molecule has 4 heteroatoms. The van der Waals surface area contributed by atoms with Crippen LogP contribution in [0, 0.1) is 0 Å². The summed E-state index contributed by atoms with van der Waals surface area (Å²) in [5.74, 6) is 2.60. The summed E-state index contributed by atoms with van der Waals surface area (Å²) in [6.07, 6.45) is 1.32. The zero-order chi connectivity index (χ0) is 11.4. The molecule has 3 nitrogen and oxygen atoms in total. The van der Waals surface area contributed by atoms with E-state index in [9.17, 15) is 0 Å². The van der Waals surface area contributed by atoms with Gasteiger partial charge >= 0.3 is 0 Å². The third kappa shape index (κ3) is 3.62. The average Bonchev–Trinajstić information content (AvgIpc) is 2.32. The fourth-order valence-corrected chi connectivity index (χ4v) is 3.47. The van der Waals surface area contributed by atoms with Crippen LogP contribution in [0.4, 0.5) is 0 Å². The van der Waals surface area contributed by atoms with Gasteiger partial charge in [-0.05, 0) is 26.9 Å². The van der Waals surface area contributed by atoms with E-state index in [1.54, 1.807) is 0 Å². The third-order valence-corrected chi connectivity index (χ3v) is 4.97. The quantitative estimate of drug-likeness (QED) is 0.787. The first-order valence-corrected chi connectivity index (χ1v) is 7.65. The van der Waals surface area contributed by atoms with Crippen LogP contribution < -0.4 is 5.32 Å². The van der Waals surface area contributed by atoms with Crippen LogP contribution in [-0.4, -0.2) is 73.2 Å². The highest BCUT2D eigenvalue weighted by Crippen LogP contribution is 2.12. The first kappa shape index (κ1) is 12.7. The largest absolute Gasteiger partial charge is 0.312 e. The van der Waals surface area contributed by atoms with Crippen LogP contribution in [0.15, 0.2) is 0 Å². The Morgan fingerprint density at radius 1 is 1.38 bits per heavy atom. The molecule has 0 amide bonds. The van der Waals surface area contributed by atoms with Gasteiger partial charge in [0.15, 0.2) is 0 Å². The number of likely N-dealkylation sites (N-methyl/N-ethyl adjacent to an activating group) is 1. The van der Waals surface area contributed by atoms with Gasteiger partial charge in [-0.15, -0.1) is 0 Å². The van der Waals surface area contributed by atoms with Crippen LogP contribution in [0.25, 0.3) is 0 Å². The van der Waals surface area contributed by atoms with E-state index in [0.29, 0.717) is 0 Å². The van der Waals surface area contributed by atoms with Crippen molar-refractivity contribution in [3.05, 3.63) is 0 Å². The monoisotopic (exact) mass is 243 g/mol. The van der Waals surface area contributed by atoms with Crippen LogP contribution in [0.5, 0.6) is 0 Å². The van der Waals surface area contributed by atoms with Gasteiger partial charge in [0.05, 0.1) is 0 Å². The van der Waals surface area contributed by atoms with Gasteiger partial charge in [0.25, 0.3) is 0 Å². The summed E-state index contributed by atoms with van der Waals surface area (Å²) in [6.45, 7) is 8.54. The maximum Gasteiger partial charge on any atom is 0.0192 e. The molecule has 0 radical (unpaired) electrons. The molecule has 0 spiro atoms. The van der Waals surface area contributed by atoms with Gasteiger partial charge in [0.1, 0.15) is 0 Å². The lowest BCUT2D eigenvalue weighted by molar-refractivity contribution is 0.102. The van der Waals surface area contributed by atoms with Gasteiger partial charge < -0.3 is 15.1 Å². The van der Waals surface area contributed by atoms with E-state index in [1.165, 1.54) is 50.7 Å². The molecule has 2 heterocycles. The molecule has 2 rings (SSSR count). The van der Waals surface area contributed by atoms with Crippen molar-refractivity contribution in [1.29, 1.82) is 0 Å². The SMILES string of the molecule is CC1CN(CCC2CSCCN2)CCN1C. The molecule has 1 N–H and O–H groups in total. The van der Waals surface area contributed by atoms with E-state index < -0.39 is 0 Å². The summed E-state index contributed by atoms with van der Waals surface area (Å²) in [5.41, 5.74) is 0. The Morgan fingerprint density at radius 2 is 2.25 bits per heavy atom. The lowest BCUT2D eigenvalue weighted by Gasteiger charge is -2.38. The summed E-state index contributed by atoms with van der Waals surface area (Å²) in [4.78, 5) is 5.09. The lowest BCUT2D eigenvalue weighted by atomic mass is 10.1. The van der Waals surface area contributed by atoms with E-state index in [-0.39, 0.29) is 0 Å². The molecule has 0 aliphatic carbocycles. The predicted molar refractivity (Wildman–Crippen MR) is 72.3 cm³/mol. The highest BCUT2D eigenvalue weighted by molar-refractivity contribution is 7.99. The normalized spacial score (nSPS) is 34.1. The van der Waals surface area contributed by atoms with Crippen LogP contribution >= 0.6 is 11.8 Å². The van der Waals surface area contributed by atoms with Gasteiger partial charge in [0, 0.05) is 49.8 Å². The summed E-state index contributed by atoms with van der Waals surface area (Å²) in [5, 5.41) is 3.62. The molecular weight excluding hydrogens is 218 g/mol. The van der Waals surface area contributed by atoms with Gasteiger partial charge in [-0.3, -0.25) is 0 Å². The minimum atomic E-state index is 0.724. The first-order chi connectivity index (χ1) is 7.75. The van der Waals surface area contributed by atoms with Crippen LogP contribution in [0.3, 0.4) is 0 Å². The molecule has 2 fully saturated rings. The van der Waals surface area contributed by atoms with Crippen molar-refractivity contribution in [1.82, 2.24) is 15.1 Å². The number of thioether (sulfide) groups is 1. The van der Waals surface area contributed by atoms with Crippen LogP contribution in [0.1, 0.15) is 13.3 Å². The zero-order valence-corrected chi connectivity index (χ0v) is 11.4. The maximum atomic E-state index is 3.62. The Bertz CT molecular complexity index is 206. The van der Waals surface area contributed by atoms with Crippen molar-refractivity contribution < 1.29 is 0 Å². The van der Waals surface area contributed by atoms with Crippen molar-refractivity contribution >= 4 is 11.8 Å². The smallest absolute Gasteiger partial charge is 0.0192 e. The van der Waals surface area contributed by atoms with Crippen molar-refractivity contribution in [3.63, 3.8) is 0 Å². The van der Waals surface area contributed by atoms with Gasteiger partial charge in [0.2, 0.25) is 0 Å². The van der Waals surface area contributed by atoms with E-state index in [1.807, 2.05) is 0 Å². The average molecular weight is 243 g/mol. The number of nitrogens with zero attached hydrogens (tertiary/aromatic N) is 2. The third-order valence-electron chi connectivity index (χ3n) is 3.84. The second-order valence-corrected chi connectivity index (χ2v) is 6.29. The van der Waals surface area contributed by atoms with Crippen molar-refractivity contribution in [2.45, 2.75) is 25.4 Å². The highest BCUT2D eigenvalue weighted by Gasteiger charge is 2.21. The first-order valence-electron chi connectivity index (χ1n) is 6.49. The van der Waals surface area contributed by atoms with E-state index >= 15 is 0 Å². The molecule has 2 unspecified atom stereocenters. The minimum Gasteiger partial charge on any atom is -0.312 e. The molecule has 0 aromatic heterocycles. The van der Waals surface area contributed by atoms with Crippen molar-refractivity contribution in [2.75, 3.05) is 51.3 Å². The number of nitrogens with one attached hydrogen (secondary N) is 1. The molecular formula is C12H25N3S. The number of piperazine rings is 1. The molecule has 2 aliphatic rings. The zero-order valence-electron chi connectivity index (χ0n) is 10.6. The topological polar surface area (TPSA) is 18.5 Å². The standard InChI is InChI=1S/C12H25N3S/c1-11-9-15(7-6-14(11)2)5-3-12-10-16-8-4-13-12/h11-13H,3-10H2,1-2H3. The molecule has 0 aromatic rings. The lowest BCUT2D eigenvalue weighted by Crippen LogP contribution is -2.51. The maximum absolute atomic E-state index is 3.62. The van der Waals surface area contributed by atoms with E-state index in [0.717, 1.165) is 12.1 Å². The van der Waals surface area contributed by atoms with Crippen LogP contribution in [0.2, 0.25) is 0 Å².